The van der Waals surface area contributed by atoms with E-state index in [0.717, 1.165) is 18.1 Å². The Hall–Kier alpha value is -3.66. The van der Waals surface area contributed by atoms with Crippen LogP contribution in [0, 0.1) is 18.6 Å². The minimum absolute atomic E-state index is 0.00712. The third-order valence-electron chi connectivity index (χ3n) is 7.06. The number of carbonyl (C=O) groups is 2. The number of rotatable bonds is 15. The molecular formula is C33H41F2N3O4. The van der Waals surface area contributed by atoms with Gasteiger partial charge in [-0.25, -0.2) is 8.78 Å². The second kappa shape index (κ2) is 16.1. The second-order valence-electron chi connectivity index (χ2n) is 10.4. The average Bonchev–Trinajstić information content (AvgIpc) is 2.96. The van der Waals surface area contributed by atoms with E-state index >= 15 is 0 Å². The number of nitrogens with one attached hydrogen (secondary N) is 2. The molecule has 7 nitrogen and oxygen atoms in total. The molecule has 0 aromatic heterocycles. The Morgan fingerprint density at radius 1 is 0.952 bits per heavy atom. The van der Waals surface area contributed by atoms with Crippen LogP contribution in [0.15, 0.2) is 60.7 Å². The largest absolute Gasteiger partial charge is 0.390 e. The molecule has 0 spiro atoms. The normalized spacial score (nSPS) is 12.5. The van der Waals surface area contributed by atoms with E-state index < -0.39 is 29.7 Å². The fraction of sp³-hybridized carbons (Fsp3) is 0.394. The standard InChI is InChI=1S/C33H41F2N3O4/c1-5-23-8-7-9-24(14-23)20-36-21-31(39)30(17-25-15-28(34)19-29(35)16-25)37-32(40)26-12-22(3)13-27(18-26)33(41)38(6-2)10-11-42-4/h7-9,12-16,18-19,30-31,36,39H,5-6,10-11,17,20-21H2,1-4H3,(H,37,40)/t30-,31+/m0/s1. The van der Waals surface area contributed by atoms with Gasteiger partial charge in [0.2, 0.25) is 0 Å². The van der Waals surface area contributed by atoms with Crippen LogP contribution in [0.4, 0.5) is 8.78 Å². The van der Waals surface area contributed by atoms with Crippen LogP contribution in [0.2, 0.25) is 0 Å². The summed E-state index contributed by atoms with van der Waals surface area (Å²) in [7, 11) is 1.57. The molecule has 0 aliphatic heterocycles. The summed E-state index contributed by atoms with van der Waals surface area (Å²) in [6.07, 6.45) is -0.178. The number of methoxy groups -OCH3 is 1. The average molecular weight is 582 g/mol. The SMILES string of the molecule is CCc1cccc(CNC[C@@H](O)[C@H](Cc2cc(F)cc(F)c2)NC(=O)c2cc(C)cc(C(=O)N(CC)CCOC)c2)c1. The number of nitrogens with zero attached hydrogens (tertiary/aromatic N) is 1. The van der Waals surface area contributed by atoms with E-state index in [0.29, 0.717) is 42.9 Å². The lowest BCUT2D eigenvalue weighted by atomic mass is 9.99. The predicted octanol–water partition coefficient (Wildman–Crippen LogP) is 4.44. The van der Waals surface area contributed by atoms with Crippen molar-refractivity contribution >= 4 is 11.8 Å². The van der Waals surface area contributed by atoms with E-state index in [4.69, 9.17) is 4.74 Å². The Morgan fingerprint density at radius 2 is 1.64 bits per heavy atom. The van der Waals surface area contributed by atoms with Crippen molar-refractivity contribution in [3.63, 3.8) is 0 Å². The topological polar surface area (TPSA) is 90.9 Å². The zero-order chi connectivity index (χ0) is 30.6. The Morgan fingerprint density at radius 3 is 2.31 bits per heavy atom. The zero-order valence-corrected chi connectivity index (χ0v) is 24.8. The number of aryl methyl sites for hydroxylation is 2. The summed E-state index contributed by atoms with van der Waals surface area (Å²) in [6.45, 7) is 7.64. The molecule has 3 N–H and O–H groups in total. The molecule has 0 saturated heterocycles. The van der Waals surface area contributed by atoms with Gasteiger partial charge >= 0.3 is 0 Å². The second-order valence-corrected chi connectivity index (χ2v) is 10.4. The molecular weight excluding hydrogens is 540 g/mol. The quantitative estimate of drug-likeness (QED) is 0.247. The Labute approximate surface area is 246 Å². The van der Waals surface area contributed by atoms with Crippen LogP contribution in [0.1, 0.15) is 56.8 Å². The molecule has 0 aliphatic carbocycles. The summed E-state index contributed by atoms with van der Waals surface area (Å²) < 4.78 is 33.0. The van der Waals surface area contributed by atoms with Gasteiger partial charge in [0.1, 0.15) is 11.6 Å². The first-order chi connectivity index (χ1) is 20.1. The van der Waals surface area contributed by atoms with Crippen LogP contribution in [0.5, 0.6) is 0 Å². The maximum atomic E-state index is 13.9. The fourth-order valence-electron chi connectivity index (χ4n) is 4.81. The van der Waals surface area contributed by atoms with Crippen molar-refractivity contribution in [2.24, 2.45) is 0 Å². The van der Waals surface area contributed by atoms with Crippen LogP contribution in [-0.4, -0.2) is 67.3 Å². The van der Waals surface area contributed by atoms with Gasteiger partial charge < -0.3 is 25.4 Å². The van der Waals surface area contributed by atoms with Crippen molar-refractivity contribution < 1.29 is 28.2 Å². The molecule has 0 aliphatic rings. The predicted molar refractivity (Wildman–Crippen MR) is 159 cm³/mol. The van der Waals surface area contributed by atoms with Gasteiger partial charge in [-0.3, -0.25) is 9.59 Å². The van der Waals surface area contributed by atoms with Gasteiger partial charge in [0.15, 0.2) is 0 Å². The van der Waals surface area contributed by atoms with Crippen molar-refractivity contribution in [2.75, 3.05) is 33.4 Å². The van der Waals surface area contributed by atoms with Gasteiger partial charge in [-0.2, -0.15) is 0 Å². The van der Waals surface area contributed by atoms with Gasteiger partial charge in [-0.05, 0) is 79.3 Å². The van der Waals surface area contributed by atoms with Crippen LogP contribution in [0.3, 0.4) is 0 Å². The van der Waals surface area contributed by atoms with Crippen molar-refractivity contribution in [1.82, 2.24) is 15.5 Å². The van der Waals surface area contributed by atoms with Crippen LogP contribution in [-0.2, 0) is 24.1 Å². The molecule has 42 heavy (non-hydrogen) atoms. The molecule has 0 unspecified atom stereocenters. The van der Waals surface area contributed by atoms with Crippen molar-refractivity contribution in [2.45, 2.75) is 52.3 Å². The number of benzene rings is 3. The summed E-state index contributed by atoms with van der Waals surface area (Å²) in [4.78, 5) is 28.2. The first-order valence-electron chi connectivity index (χ1n) is 14.3. The van der Waals surface area contributed by atoms with Gasteiger partial charge in [-0.15, -0.1) is 0 Å². The number of aliphatic hydroxyl groups excluding tert-OH is 1. The number of hydrogen-bond donors (Lipinski definition) is 3. The molecule has 2 amide bonds. The van der Waals surface area contributed by atoms with E-state index in [-0.39, 0.29) is 24.4 Å². The molecule has 2 atom stereocenters. The third kappa shape index (κ3) is 9.72. The first-order valence-corrected chi connectivity index (χ1v) is 14.3. The van der Waals surface area contributed by atoms with E-state index in [9.17, 15) is 23.5 Å². The number of amides is 2. The highest BCUT2D eigenvalue weighted by Gasteiger charge is 2.24. The molecule has 0 bridgehead atoms. The maximum Gasteiger partial charge on any atom is 0.253 e. The third-order valence-corrected chi connectivity index (χ3v) is 7.06. The number of carbonyl (C=O) groups excluding carboxylic acids is 2. The lowest BCUT2D eigenvalue weighted by molar-refractivity contribution is 0.0706. The number of ether oxygens (including phenoxy) is 1. The van der Waals surface area contributed by atoms with Crippen LogP contribution < -0.4 is 10.6 Å². The molecule has 226 valence electrons. The highest BCUT2D eigenvalue weighted by Crippen LogP contribution is 2.16. The molecule has 0 saturated carbocycles. The van der Waals surface area contributed by atoms with Crippen LogP contribution >= 0.6 is 0 Å². The lowest BCUT2D eigenvalue weighted by Crippen LogP contribution is -2.48. The van der Waals surface area contributed by atoms with E-state index in [1.165, 1.54) is 23.8 Å². The maximum absolute atomic E-state index is 13.9. The van der Waals surface area contributed by atoms with Crippen molar-refractivity contribution in [3.05, 3.63) is 106 Å². The summed E-state index contributed by atoms with van der Waals surface area (Å²) in [6, 6.07) is 15.2. The summed E-state index contributed by atoms with van der Waals surface area (Å²) in [5.74, 6) is -2.22. The molecule has 9 heteroatoms. The highest BCUT2D eigenvalue weighted by atomic mass is 19.1. The summed E-state index contributed by atoms with van der Waals surface area (Å²) in [5, 5.41) is 17.2. The molecule has 3 rings (SSSR count). The lowest BCUT2D eigenvalue weighted by Gasteiger charge is -2.25. The van der Waals surface area contributed by atoms with Crippen LogP contribution in [0.25, 0.3) is 0 Å². The highest BCUT2D eigenvalue weighted by molar-refractivity contribution is 6.00. The number of hydrogen-bond acceptors (Lipinski definition) is 5. The smallest absolute Gasteiger partial charge is 0.253 e. The van der Waals surface area contributed by atoms with Gasteiger partial charge in [-0.1, -0.05) is 31.2 Å². The number of halogens is 2. The molecule has 3 aromatic rings. The van der Waals surface area contributed by atoms with Crippen molar-refractivity contribution in [3.8, 4) is 0 Å². The fourth-order valence-corrected chi connectivity index (χ4v) is 4.81. The molecule has 0 fully saturated rings. The summed E-state index contributed by atoms with van der Waals surface area (Å²) in [5.41, 5.74) is 3.87. The Bertz CT molecular complexity index is 1330. The zero-order valence-electron chi connectivity index (χ0n) is 24.8. The monoisotopic (exact) mass is 581 g/mol. The Balaban J connectivity index is 1.79. The molecule has 3 aromatic carbocycles. The number of likely N-dealkylation sites (N-methyl/N-ethyl adjacent to an activating group) is 1. The van der Waals surface area contributed by atoms with E-state index in [2.05, 4.69) is 23.6 Å². The van der Waals surface area contributed by atoms with E-state index in [1.54, 1.807) is 31.1 Å². The van der Waals surface area contributed by atoms with Crippen molar-refractivity contribution in [1.29, 1.82) is 0 Å². The summed E-state index contributed by atoms with van der Waals surface area (Å²) >= 11 is 0. The van der Waals surface area contributed by atoms with Gasteiger partial charge in [0.25, 0.3) is 11.8 Å². The van der Waals surface area contributed by atoms with E-state index in [1.807, 2.05) is 25.1 Å². The minimum Gasteiger partial charge on any atom is -0.390 e. The first kappa shape index (κ1) is 32.8. The molecule has 0 radical (unpaired) electrons. The minimum atomic E-state index is -1.08. The van der Waals surface area contributed by atoms with Gasteiger partial charge in [0, 0.05) is 50.5 Å². The van der Waals surface area contributed by atoms with Gasteiger partial charge in [0.05, 0.1) is 18.8 Å². The molecule has 0 heterocycles. The number of aliphatic hydroxyl groups is 1. The Kier molecular flexibility index (Phi) is 12.6.